The van der Waals surface area contributed by atoms with Crippen molar-refractivity contribution >= 4 is 17.7 Å². The number of rotatable bonds is 2. The van der Waals surface area contributed by atoms with Crippen molar-refractivity contribution in [2.75, 3.05) is 11.6 Å². The van der Waals surface area contributed by atoms with Crippen LogP contribution < -0.4 is 15.2 Å². The molecule has 2 rings (SSSR count). The summed E-state index contributed by atoms with van der Waals surface area (Å²) in [6.07, 6.45) is -0.925. The minimum Gasteiger partial charge on any atom is -0.481 e. The van der Waals surface area contributed by atoms with Gasteiger partial charge in [0, 0.05) is 0 Å². The molecule has 6 nitrogen and oxygen atoms in total. The maximum absolute atomic E-state index is 11.7. The molecule has 0 saturated carbocycles. The normalized spacial score (nSPS) is 13.9. The fraction of sp³-hybridized carbons (Fsp3) is 0.333. The second-order valence-electron chi connectivity index (χ2n) is 4.05. The highest BCUT2D eigenvalue weighted by molar-refractivity contribution is 5.99. The second kappa shape index (κ2) is 4.95. The summed E-state index contributed by atoms with van der Waals surface area (Å²) in [6, 6.07) is 6.95. The molecule has 6 heteroatoms. The number of carbonyl (C=O) groups is 2. The molecule has 0 bridgehead atoms. The summed E-state index contributed by atoms with van der Waals surface area (Å²) in [5.74, 6) is 0.191. The number of para-hydroxylation sites is 2. The van der Waals surface area contributed by atoms with Crippen LogP contribution >= 0.6 is 0 Å². The summed E-state index contributed by atoms with van der Waals surface area (Å²) in [5, 5.41) is 1.14. The molecule has 1 aromatic rings. The lowest BCUT2D eigenvalue weighted by atomic mass is 10.2. The van der Waals surface area contributed by atoms with E-state index in [2.05, 4.69) is 5.43 Å². The van der Waals surface area contributed by atoms with Crippen molar-refractivity contribution in [2.45, 2.75) is 20.0 Å². The minimum absolute atomic E-state index is 0.112. The van der Waals surface area contributed by atoms with Gasteiger partial charge in [-0.05, 0) is 26.0 Å². The number of nitrogens with one attached hydrogen (secondary N) is 1. The van der Waals surface area contributed by atoms with Gasteiger partial charge in [-0.15, -0.1) is 0 Å². The van der Waals surface area contributed by atoms with E-state index >= 15 is 0 Å². The van der Waals surface area contributed by atoms with Crippen LogP contribution in [0.3, 0.4) is 0 Å². The van der Waals surface area contributed by atoms with E-state index in [1.807, 2.05) is 0 Å². The highest BCUT2D eigenvalue weighted by Gasteiger charge is 2.27. The summed E-state index contributed by atoms with van der Waals surface area (Å²) < 4.78 is 10.2. The molecule has 0 atom stereocenters. The summed E-state index contributed by atoms with van der Waals surface area (Å²) >= 11 is 0. The number of carbonyl (C=O) groups excluding carboxylic acids is 2. The third-order valence-electron chi connectivity index (χ3n) is 2.25. The van der Waals surface area contributed by atoms with Gasteiger partial charge >= 0.3 is 6.09 Å². The lowest BCUT2D eigenvalue weighted by Crippen LogP contribution is -2.51. The number of benzene rings is 1. The van der Waals surface area contributed by atoms with E-state index in [0.717, 1.165) is 5.01 Å². The third-order valence-corrected chi connectivity index (χ3v) is 2.25. The molecular formula is C12H14N2O4. The Morgan fingerprint density at radius 3 is 2.89 bits per heavy atom. The molecule has 1 aromatic carbocycles. The first-order chi connectivity index (χ1) is 8.58. The first-order valence-corrected chi connectivity index (χ1v) is 5.60. The summed E-state index contributed by atoms with van der Waals surface area (Å²) in [6.45, 7) is 3.35. The van der Waals surface area contributed by atoms with E-state index in [4.69, 9.17) is 9.47 Å². The van der Waals surface area contributed by atoms with E-state index in [1.54, 1.807) is 38.1 Å². The Morgan fingerprint density at radius 1 is 1.44 bits per heavy atom. The molecule has 0 fully saturated rings. The lowest BCUT2D eigenvalue weighted by Gasteiger charge is -2.29. The van der Waals surface area contributed by atoms with E-state index in [-0.39, 0.29) is 18.6 Å². The number of nitrogens with zero attached hydrogens (tertiary/aromatic N) is 1. The molecule has 1 aliphatic rings. The molecule has 18 heavy (non-hydrogen) atoms. The molecule has 0 saturated heterocycles. The number of amides is 2. The van der Waals surface area contributed by atoms with Gasteiger partial charge in [0.25, 0.3) is 5.91 Å². The van der Waals surface area contributed by atoms with Crippen molar-refractivity contribution in [1.82, 2.24) is 5.43 Å². The van der Waals surface area contributed by atoms with Gasteiger partial charge < -0.3 is 9.47 Å². The topological polar surface area (TPSA) is 67.9 Å². The van der Waals surface area contributed by atoms with Crippen LogP contribution in [-0.2, 0) is 9.53 Å². The lowest BCUT2D eigenvalue weighted by molar-refractivity contribution is -0.122. The molecule has 96 valence electrons. The SMILES string of the molecule is CC(C)OC(=O)NN1C(=O)COc2ccccc21. The molecule has 1 N–H and O–H groups in total. The average molecular weight is 250 g/mol. The number of hydrogen-bond acceptors (Lipinski definition) is 4. The van der Waals surface area contributed by atoms with Crippen LogP contribution in [0.15, 0.2) is 24.3 Å². The fourth-order valence-electron chi connectivity index (χ4n) is 1.56. The van der Waals surface area contributed by atoms with Gasteiger partial charge in [0.1, 0.15) is 11.4 Å². The van der Waals surface area contributed by atoms with Crippen LogP contribution in [0, 0.1) is 0 Å². The van der Waals surface area contributed by atoms with Gasteiger partial charge in [-0.25, -0.2) is 15.2 Å². The fourth-order valence-corrected chi connectivity index (χ4v) is 1.56. The van der Waals surface area contributed by atoms with Gasteiger partial charge in [0.15, 0.2) is 6.61 Å². The zero-order valence-corrected chi connectivity index (χ0v) is 10.2. The molecule has 2 amide bonds. The number of hydrazine groups is 1. The summed E-state index contributed by atoms with van der Waals surface area (Å²) in [5.41, 5.74) is 2.89. The Kier molecular flexibility index (Phi) is 3.36. The van der Waals surface area contributed by atoms with Gasteiger partial charge in [0.2, 0.25) is 0 Å². The largest absolute Gasteiger partial charge is 0.481 e. The first-order valence-electron chi connectivity index (χ1n) is 5.60. The van der Waals surface area contributed by atoms with Crippen molar-refractivity contribution in [3.05, 3.63) is 24.3 Å². The third kappa shape index (κ3) is 2.53. The standard InChI is InChI=1S/C12H14N2O4/c1-8(2)18-12(16)13-14-9-5-3-4-6-10(9)17-7-11(14)15/h3-6,8H,7H2,1-2H3,(H,13,16). The minimum atomic E-state index is -0.671. The second-order valence-corrected chi connectivity index (χ2v) is 4.05. The van der Waals surface area contributed by atoms with Crippen LogP contribution in [0.2, 0.25) is 0 Å². The molecule has 1 aliphatic heterocycles. The Labute approximate surface area is 104 Å². The Bertz CT molecular complexity index is 473. The summed E-state index contributed by atoms with van der Waals surface area (Å²) in [4.78, 5) is 23.2. The first kappa shape index (κ1) is 12.2. The van der Waals surface area contributed by atoms with Gasteiger partial charge in [-0.1, -0.05) is 12.1 Å². The predicted octanol–water partition coefficient (Wildman–Crippen LogP) is 1.46. The maximum atomic E-state index is 11.7. The van der Waals surface area contributed by atoms with Gasteiger partial charge in [-0.3, -0.25) is 4.79 Å². The molecule has 0 radical (unpaired) electrons. The Hall–Kier alpha value is -2.24. The zero-order valence-electron chi connectivity index (χ0n) is 10.2. The number of hydrogen-bond donors (Lipinski definition) is 1. The van der Waals surface area contributed by atoms with E-state index in [1.165, 1.54) is 0 Å². The molecule has 0 aromatic heterocycles. The van der Waals surface area contributed by atoms with Crippen molar-refractivity contribution in [2.24, 2.45) is 0 Å². The molecule has 1 heterocycles. The number of ether oxygens (including phenoxy) is 2. The highest BCUT2D eigenvalue weighted by Crippen LogP contribution is 2.30. The Balaban J connectivity index is 2.17. The van der Waals surface area contributed by atoms with Crippen LogP contribution in [0.1, 0.15) is 13.8 Å². The van der Waals surface area contributed by atoms with Crippen LogP contribution in [0.5, 0.6) is 5.75 Å². The van der Waals surface area contributed by atoms with Crippen molar-refractivity contribution in [3.8, 4) is 5.75 Å². The molecule has 0 unspecified atom stereocenters. The predicted molar refractivity (Wildman–Crippen MR) is 64.2 cm³/mol. The molecule has 0 spiro atoms. The monoisotopic (exact) mass is 250 g/mol. The van der Waals surface area contributed by atoms with E-state index < -0.39 is 6.09 Å². The van der Waals surface area contributed by atoms with Crippen molar-refractivity contribution in [1.29, 1.82) is 0 Å². The zero-order chi connectivity index (χ0) is 13.1. The van der Waals surface area contributed by atoms with Gasteiger partial charge in [-0.2, -0.15) is 0 Å². The van der Waals surface area contributed by atoms with Crippen LogP contribution in [0.4, 0.5) is 10.5 Å². The summed E-state index contributed by atoms with van der Waals surface area (Å²) in [7, 11) is 0. The maximum Gasteiger partial charge on any atom is 0.426 e. The smallest absolute Gasteiger partial charge is 0.426 e. The van der Waals surface area contributed by atoms with E-state index in [9.17, 15) is 9.59 Å². The van der Waals surface area contributed by atoms with Crippen molar-refractivity contribution in [3.63, 3.8) is 0 Å². The van der Waals surface area contributed by atoms with Crippen molar-refractivity contribution < 1.29 is 19.1 Å². The number of anilines is 1. The van der Waals surface area contributed by atoms with Gasteiger partial charge in [0.05, 0.1) is 6.10 Å². The average Bonchev–Trinajstić information content (AvgIpc) is 2.32. The van der Waals surface area contributed by atoms with E-state index in [0.29, 0.717) is 11.4 Å². The molecular weight excluding hydrogens is 236 g/mol. The quantitative estimate of drug-likeness (QED) is 0.862. The molecule has 0 aliphatic carbocycles. The Morgan fingerprint density at radius 2 is 2.17 bits per heavy atom. The van der Waals surface area contributed by atoms with Crippen LogP contribution in [0.25, 0.3) is 0 Å². The highest BCUT2D eigenvalue weighted by atomic mass is 16.6. The van der Waals surface area contributed by atoms with Crippen LogP contribution in [-0.4, -0.2) is 24.7 Å². The number of fused-ring (bicyclic) bond motifs is 1.